The number of nitrogens with one attached hydrogen (secondary N) is 1. The van der Waals surface area contributed by atoms with E-state index in [-0.39, 0.29) is 24.0 Å². The van der Waals surface area contributed by atoms with Crippen molar-refractivity contribution in [2.75, 3.05) is 5.32 Å². The molecule has 126 valence electrons. The molecule has 1 aromatic carbocycles. The molecule has 7 heteroatoms. The lowest BCUT2D eigenvalue weighted by molar-refractivity contribution is -0.690. The standard InChI is InChI=1S/C17H16F2N2O3/c1-3-12-5-4-11(2)21(9-12)10-16(22)20-13-6-7-14-15(8-13)24-17(18,19)23-14/h4-9H,3,10H2,1-2H3/p+1. The first kappa shape index (κ1) is 16.2. The zero-order valence-electron chi connectivity index (χ0n) is 13.3. The molecule has 0 spiro atoms. The number of carbonyl (C=O) groups excluding carboxylic acids is 1. The summed E-state index contributed by atoms with van der Waals surface area (Å²) in [5.74, 6) is -0.421. The highest BCUT2D eigenvalue weighted by molar-refractivity contribution is 5.90. The molecule has 0 radical (unpaired) electrons. The molecule has 0 saturated heterocycles. The van der Waals surface area contributed by atoms with Gasteiger partial charge >= 0.3 is 6.29 Å². The van der Waals surface area contributed by atoms with Crippen LogP contribution < -0.4 is 19.4 Å². The van der Waals surface area contributed by atoms with E-state index in [0.29, 0.717) is 5.69 Å². The Balaban J connectivity index is 1.70. The Labute approximate surface area is 137 Å². The van der Waals surface area contributed by atoms with Crippen LogP contribution in [0.3, 0.4) is 0 Å². The van der Waals surface area contributed by atoms with Crippen molar-refractivity contribution in [3.05, 3.63) is 47.8 Å². The number of rotatable bonds is 4. The normalized spacial score (nSPS) is 14.5. The van der Waals surface area contributed by atoms with Gasteiger partial charge in [-0.15, -0.1) is 8.78 Å². The molecule has 0 atom stereocenters. The number of halogens is 2. The van der Waals surface area contributed by atoms with Crippen LogP contribution in [-0.2, 0) is 17.8 Å². The maximum absolute atomic E-state index is 13.0. The number of ether oxygens (including phenoxy) is 2. The number of carbonyl (C=O) groups is 1. The average Bonchev–Trinajstić information content (AvgIpc) is 2.82. The third-order valence-electron chi connectivity index (χ3n) is 3.72. The average molecular weight is 335 g/mol. The number of hydrogen-bond acceptors (Lipinski definition) is 3. The van der Waals surface area contributed by atoms with Gasteiger partial charge in [-0.2, -0.15) is 4.57 Å². The highest BCUT2D eigenvalue weighted by Gasteiger charge is 2.43. The molecule has 5 nitrogen and oxygen atoms in total. The maximum atomic E-state index is 13.0. The zero-order chi connectivity index (χ0) is 17.3. The topological polar surface area (TPSA) is 51.4 Å². The molecule has 0 fully saturated rings. The summed E-state index contributed by atoms with van der Waals surface area (Å²) in [6.07, 6.45) is -0.869. The minimum atomic E-state index is -3.67. The lowest BCUT2D eigenvalue weighted by Gasteiger charge is -2.06. The van der Waals surface area contributed by atoms with Crippen LogP contribution in [0.25, 0.3) is 0 Å². The molecule has 24 heavy (non-hydrogen) atoms. The van der Waals surface area contributed by atoms with Gasteiger partial charge in [-0.1, -0.05) is 6.92 Å². The second kappa shape index (κ2) is 6.07. The molecule has 3 rings (SSSR count). The summed E-state index contributed by atoms with van der Waals surface area (Å²) in [5.41, 5.74) is 2.44. The first-order valence-corrected chi connectivity index (χ1v) is 7.55. The van der Waals surface area contributed by atoms with Crippen LogP contribution in [0.5, 0.6) is 11.5 Å². The molecule has 0 bridgehead atoms. The van der Waals surface area contributed by atoms with Crippen molar-refractivity contribution in [1.29, 1.82) is 0 Å². The van der Waals surface area contributed by atoms with Crippen LogP contribution in [0.2, 0.25) is 0 Å². The Morgan fingerprint density at radius 2 is 1.96 bits per heavy atom. The molecule has 1 N–H and O–H groups in total. The summed E-state index contributed by atoms with van der Waals surface area (Å²) in [4.78, 5) is 12.2. The van der Waals surface area contributed by atoms with Gasteiger partial charge in [0.15, 0.2) is 23.4 Å². The van der Waals surface area contributed by atoms with Gasteiger partial charge in [-0.25, -0.2) is 0 Å². The fourth-order valence-corrected chi connectivity index (χ4v) is 2.43. The predicted octanol–water partition coefficient (Wildman–Crippen LogP) is 2.81. The maximum Gasteiger partial charge on any atom is 0.586 e. The van der Waals surface area contributed by atoms with Crippen molar-refractivity contribution in [3.63, 3.8) is 0 Å². The van der Waals surface area contributed by atoms with Crippen molar-refractivity contribution >= 4 is 11.6 Å². The summed E-state index contributed by atoms with van der Waals surface area (Å²) in [5, 5.41) is 2.67. The van der Waals surface area contributed by atoms with E-state index in [9.17, 15) is 13.6 Å². The largest absolute Gasteiger partial charge is 0.586 e. The summed E-state index contributed by atoms with van der Waals surface area (Å²) < 4.78 is 36.5. The molecule has 2 heterocycles. The quantitative estimate of drug-likeness (QED) is 0.874. The molecular formula is C17H17F2N2O3+. The number of hydrogen-bond donors (Lipinski definition) is 1. The van der Waals surface area contributed by atoms with Gasteiger partial charge in [0, 0.05) is 30.3 Å². The monoisotopic (exact) mass is 335 g/mol. The molecule has 0 aliphatic carbocycles. The van der Waals surface area contributed by atoms with Crippen molar-refractivity contribution in [1.82, 2.24) is 0 Å². The molecule has 1 aliphatic rings. The number of pyridine rings is 1. The Bertz CT molecular complexity index is 793. The highest BCUT2D eigenvalue weighted by atomic mass is 19.3. The molecule has 1 aliphatic heterocycles. The summed E-state index contributed by atoms with van der Waals surface area (Å²) in [6, 6.07) is 8.11. The number of aromatic nitrogens is 1. The second-order valence-corrected chi connectivity index (χ2v) is 5.54. The number of aryl methyl sites for hydroxylation is 2. The van der Waals surface area contributed by atoms with Gasteiger partial charge in [0.05, 0.1) is 0 Å². The summed E-state index contributed by atoms with van der Waals surface area (Å²) in [6.45, 7) is 4.08. The van der Waals surface area contributed by atoms with Gasteiger partial charge in [0.1, 0.15) is 0 Å². The smallest absolute Gasteiger partial charge is 0.395 e. The van der Waals surface area contributed by atoms with Crippen LogP contribution in [0, 0.1) is 6.92 Å². The third kappa shape index (κ3) is 3.45. The second-order valence-electron chi connectivity index (χ2n) is 5.54. The van der Waals surface area contributed by atoms with E-state index in [1.807, 2.05) is 36.7 Å². The van der Waals surface area contributed by atoms with Gasteiger partial charge in [-0.3, -0.25) is 4.79 Å². The molecule has 0 saturated carbocycles. The van der Waals surface area contributed by atoms with Crippen LogP contribution >= 0.6 is 0 Å². The first-order valence-electron chi connectivity index (χ1n) is 7.55. The van der Waals surface area contributed by atoms with Gasteiger partial charge in [0.2, 0.25) is 6.54 Å². The van der Waals surface area contributed by atoms with Crippen LogP contribution in [0.1, 0.15) is 18.2 Å². The molecule has 2 aromatic rings. The van der Waals surface area contributed by atoms with E-state index < -0.39 is 6.29 Å². The Morgan fingerprint density at radius 1 is 1.21 bits per heavy atom. The minimum absolute atomic E-state index is 0.0566. The lowest BCUT2D eigenvalue weighted by Crippen LogP contribution is -2.43. The number of nitrogens with zero attached hydrogens (tertiary/aromatic N) is 1. The zero-order valence-corrected chi connectivity index (χ0v) is 13.3. The molecule has 0 unspecified atom stereocenters. The minimum Gasteiger partial charge on any atom is -0.395 e. The molecular weight excluding hydrogens is 318 g/mol. The Hall–Kier alpha value is -2.70. The number of fused-ring (bicyclic) bond motifs is 1. The SMILES string of the molecule is CCc1ccc(C)[n+](CC(=O)Nc2ccc3c(c2)OC(F)(F)O3)c1. The fraction of sp³-hybridized carbons (Fsp3) is 0.294. The predicted molar refractivity (Wildman–Crippen MR) is 82.0 cm³/mol. The molecule has 1 aromatic heterocycles. The fourth-order valence-electron chi connectivity index (χ4n) is 2.43. The number of amides is 1. The Kier molecular flexibility index (Phi) is 4.09. The lowest BCUT2D eigenvalue weighted by atomic mass is 10.2. The molecule has 1 amide bonds. The van der Waals surface area contributed by atoms with E-state index in [0.717, 1.165) is 17.7 Å². The van der Waals surface area contributed by atoms with Crippen molar-refractivity contribution in [3.8, 4) is 11.5 Å². The van der Waals surface area contributed by atoms with Crippen LogP contribution in [0.4, 0.5) is 14.5 Å². The number of benzene rings is 1. The van der Waals surface area contributed by atoms with E-state index in [2.05, 4.69) is 14.8 Å². The van der Waals surface area contributed by atoms with E-state index >= 15 is 0 Å². The number of anilines is 1. The Morgan fingerprint density at radius 3 is 2.71 bits per heavy atom. The highest BCUT2D eigenvalue weighted by Crippen LogP contribution is 2.42. The van der Waals surface area contributed by atoms with Gasteiger partial charge in [-0.05, 0) is 24.6 Å². The van der Waals surface area contributed by atoms with E-state index in [1.54, 1.807) is 0 Å². The number of alkyl halides is 2. The van der Waals surface area contributed by atoms with Crippen LogP contribution in [0.15, 0.2) is 36.5 Å². The third-order valence-corrected chi connectivity index (χ3v) is 3.72. The first-order chi connectivity index (χ1) is 11.4. The summed E-state index contributed by atoms with van der Waals surface area (Å²) >= 11 is 0. The van der Waals surface area contributed by atoms with Crippen LogP contribution in [-0.4, -0.2) is 12.2 Å². The van der Waals surface area contributed by atoms with E-state index in [1.165, 1.54) is 18.2 Å². The summed E-state index contributed by atoms with van der Waals surface area (Å²) in [7, 11) is 0. The van der Waals surface area contributed by atoms with Crippen molar-refractivity contribution < 1.29 is 27.6 Å². The van der Waals surface area contributed by atoms with Crippen molar-refractivity contribution in [2.24, 2.45) is 0 Å². The van der Waals surface area contributed by atoms with Crippen molar-refractivity contribution in [2.45, 2.75) is 33.1 Å². The van der Waals surface area contributed by atoms with E-state index in [4.69, 9.17) is 0 Å². The van der Waals surface area contributed by atoms with Gasteiger partial charge in [0.25, 0.3) is 5.91 Å². The van der Waals surface area contributed by atoms with Gasteiger partial charge < -0.3 is 14.8 Å².